The number of carbonyl (C=O) groups excluding carboxylic acids is 1. The van der Waals surface area contributed by atoms with E-state index in [2.05, 4.69) is 10.3 Å². The van der Waals surface area contributed by atoms with Crippen LogP contribution in [-0.4, -0.2) is 27.4 Å². The van der Waals surface area contributed by atoms with Crippen molar-refractivity contribution in [1.29, 1.82) is 0 Å². The molecule has 1 aliphatic rings. The Morgan fingerprint density at radius 3 is 2.78 bits per heavy atom. The predicted octanol–water partition coefficient (Wildman–Crippen LogP) is -0.340. The van der Waals surface area contributed by atoms with Crippen LogP contribution in [0.25, 0.3) is 0 Å². The van der Waals surface area contributed by atoms with E-state index in [9.17, 15) is 4.79 Å². The molecule has 1 unspecified atom stereocenters. The molecule has 1 rings (SSSR count). The van der Waals surface area contributed by atoms with Gasteiger partial charge >= 0.3 is 61.2 Å². The fourth-order valence-corrected chi connectivity index (χ4v) is 0.826. The number of allylic oxidation sites excluding steroid dienone is 1. The number of amides is 2. The summed E-state index contributed by atoms with van der Waals surface area (Å²) >= 11 is 1.36. The molecule has 0 aromatic heterocycles. The van der Waals surface area contributed by atoms with E-state index in [-0.39, 0.29) is 6.03 Å². The molecule has 47 valence electrons. The second-order valence-corrected chi connectivity index (χ2v) is 2.87. The van der Waals surface area contributed by atoms with Crippen LogP contribution in [0.3, 0.4) is 0 Å². The zero-order chi connectivity index (χ0) is 6.85. The van der Waals surface area contributed by atoms with Crippen LogP contribution in [0.1, 0.15) is 6.92 Å². The first kappa shape index (κ1) is 6.56. The van der Waals surface area contributed by atoms with Gasteiger partial charge in [0.05, 0.1) is 0 Å². The Hall–Kier alpha value is -0.562. The molecule has 9 heavy (non-hydrogen) atoms. The van der Waals surface area contributed by atoms with Crippen molar-refractivity contribution in [2.45, 2.75) is 6.92 Å². The second-order valence-electron chi connectivity index (χ2n) is 1.72. The first-order valence-corrected chi connectivity index (χ1v) is 3.67. The monoisotopic (exact) mass is 185 g/mol. The fourth-order valence-electron chi connectivity index (χ4n) is 0.438. The summed E-state index contributed by atoms with van der Waals surface area (Å²) in [5.74, 6) is 0. The first-order chi connectivity index (χ1) is 4.20. The molecule has 0 saturated carbocycles. The maximum atomic E-state index is 10.4. The summed E-state index contributed by atoms with van der Waals surface area (Å²) in [6.45, 7) is 1.89. The van der Waals surface area contributed by atoms with Gasteiger partial charge in [0.25, 0.3) is 0 Å². The van der Waals surface area contributed by atoms with E-state index in [0.717, 1.165) is 10.1 Å². The molecule has 0 spiro atoms. The summed E-state index contributed by atoms with van der Waals surface area (Å²) in [5, 5.41) is 3.48. The summed E-state index contributed by atoms with van der Waals surface area (Å²) in [6, 6.07) is -0.389. The summed E-state index contributed by atoms with van der Waals surface area (Å²) in [5.41, 5.74) is 0.981. The number of aliphatic imine (C=N–C) groups is 1. The zero-order valence-electron chi connectivity index (χ0n) is 4.96. The standard InChI is InChI=1S/C5H6AsN2O/c1-3-2-7-5(9)8-4(3)6/h2H,6H2,1H3. The molecule has 4 heteroatoms. The van der Waals surface area contributed by atoms with E-state index in [1.54, 1.807) is 6.20 Å². The summed E-state index contributed by atoms with van der Waals surface area (Å²) < 4.78 is 0.822. The van der Waals surface area contributed by atoms with Gasteiger partial charge in [0.1, 0.15) is 0 Å². The molecule has 0 aromatic rings. The summed E-state index contributed by atoms with van der Waals surface area (Å²) in [7, 11) is 0. The minimum absolute atomic E-state index is 0.389. The average molecular weight is 185 g/mol. The van der Waals surface area contributed by atoms with Crippen LogP contribution in [0.2, 0.25) is 0 Å². The molecular weight excluding hydrogens is 179 g/mol. The molecule has 0 bridgehead atoms. The molecule has 0 aromatic carbocycles. The van der Waals surface area contributed by atoms with E-state index in [4.69, 9.17) is 0 Å². The van der Waals surface area contributed by atoms with Gasteiger partial charge in [-0.15, -0.1) is 0 Å². The normalized spacial score (nSPS) is 18.2. The van der Waals surface area contributed by atoms with Crippen LogP contribution in [0.15, 0.2) is 16.8 Å². The Morgan fingerprint density at radius 1 is 1.67 bits per heavy atom. The molecule has 1 radical (unpaired) electrons. The molecule has 1 atom stereocenters. The Bertz CT molecular complexity index is 207. The molecule has 1 heterocycles. The maximum absolute atomic E-state index is 10.4. The van der Waals surface area contributed by atoms with Gasteiger partial charge in [-0.3, -0.25) is 0 Å². The topological polar surface area (TPSA) is 43.5 Å². The number of nitrogens with zero attached hydrogens (tertiary/aromatic N) is 2. The van der Waals surface area contributed by atoms with Crippen LogP contribution < -0.4 is 5.32 Å². The number of hydrogen-bond acceptors (Lipinski definition) is 1. The van der Waals surface area contributed by atoms with Crippen molar-refractivity contribution >= 4 is 27.4 Å². The molecule has 1 aliphatic heterocycles. The first-order valence-electron chi connectivity index (χ1n) is 2.46. The Balaban J connectivity index is 2.87. The molecule has 3 nitrogen and oxygen atoms in total. The predicted molar refractivity (Wildman–Crippen MR) is 37.3 cm³/mol. The zero-order valence-corrected chi connectivity index (χ0v) is 7.38. The molecule has 0 N–H and O–H groups in total. The van der Waals surface area contributed by atoms with Crippen molar-refractivity contribution in [1.82, 2.24) is 5.32 Å². The van der Waals surface area contributed by atoms with Crippen molar-refractivity contribution in [3.05, 3.63) is 11.8 Å². The van der Waals surface area contributed by atoms with E-state index in [1.165, 1.54) is 16.9 Å². The van der Waals surface area contributed by atoms with Gasteiger partial charge in [0.15, 0.2) is 0 Å². The van der Waals surface area contributed by atoms with Crippen molar-refractivity contribution in [3.63, 3.8) is 0 Å². The van der Waals surface area contributed by atoms with Gasteiger partial charge in [0, 0.05) is 0 Å². The van der Waals surface area contributed by atoms with Gasteiger partial charge in [0.2, 0.25) is 0 Å². The number of hydrogen-bond donors (Lipinski definition) is 0. The Labute approximate surface area is 61.7 Å². The van der Waals surface area contributed by atoms with E-state index >= 15 is 0 Å². The van der Waals surface area contributed by atoms with E-state index < -0.39 is 0 Å². The average Bonchev–Trinajstić information content (AvgIpc) is 1.80. The third kappa shape index (κ3) is 1.42. The van der Waals surface area contributed by atoms with E-state index in [0.29, 0.717) is 0 Å². The van der Waals surface area contributed by atoms with Crippen LogP contribution >= 0.6 is 0 Å². The van der Waals surface area contributed by atoms with Crippen molar-refractivity contribution in [2.75, 3.05) is 0 Å². The van der Waals surface area contributed by atoms with Crippen LogP contribution in [-0.2, 0) is 0 Å². The van der Waals surface area contributed by atoms with Crippen molar-refractivity contribution < 1.29 is 4.79 Å². The molecule has 2 amide bonds. The molecule has 0 saturated heterocycles. The van der Waals surface area contributed by atoms with Gasteiger partial charge < -0.3 is 0 Å². The van der Waals surface area contributed by atoms with Gasteiger partial charge in [-0.25, -0.2) is 0 Å². The Morgan fingerprint density at radius 2 is 2.33 bits per heavy atom. The quantitative estimate of drug-likeness (QED) is 0.476. The van der Waals surface area contributed by atoms with Gasteiger partial charge in [-0.05, 0) is 0 Å². The van der Waals surface area contributed by atoms with Crippen LogP contribution in [0, 0.1) is 0 Å². The Kier molecular flexibility index (Phi) is 1.72. The SMILES string of the molecule is CC1=C[N]C(=O)N=C1[AsH2]. The van der Waals surface area contributed by atoms with Gasteiger partial charge in [-0.1, -0.05) is 0 Å². The molecule has 0 aliphatic carbocycles. The number of urea groups is 1. The van der Waals surface area contributed by atoms with Crippen molar-refractivity contribution in [2.24, 2.45) is 4.99 Å². The van der Waals surface area contributed by atoms with Crippen LogP contribution in [0.5, 0.6) is 0 Å². The van der Waals surface area contributed by atoms with Crippen LogP contribution in [0.4, 0.5) is 4.79 Å². The van der Waals surface area contributed by atoms with Gasteiger partial charge in [-0.2, -0.15) is 0 Å². The number of rotatable bonds is 0. The fraction of sp³-hybridized carbons (Fsp3) is 0.200. The number of carbonyl (C=O) groups is 1. The summed E-state index contributed by atoms with van der Waals surface area (Å²) in [6.07, 6.45) is 1.55. The minimum atomic E-state index is -0.389. The third-order valence-corrected chi connectivity index (χ3v) is 2.21. The van der Waals surface area contributed by atoms with E-state index in [1.807, 2.05) is 6.92 Å². The third-order valence-electron chi connectivity index (χ3n) is 0.989. The molecular formula is C5H6AsN2O. The second kappa shape index (κ2) is 2.36. The summed E-state index contributed by atoms with van der Waals surface area (Å²) in [4.78, 5) is 14.1. The van der Waals surface area contributed by atoms with Crippen molar-refractivity contribution in [3.8, 4) is 0 Å². The molecule has 0 fully saturated rings.